The van der Waals surface area contributed by atoms with E-state index in [9.17, 15) is 18.0 Å². The molecule has 21 heavy (non-hydrogen) atoms. The van der Waals surface area contributed by atoms with E-state index in [2.05, 4.69) is 0 Å². The molecule has 0 aromatic heterocycles. The number of carboxylic acids is 1. The number of halogens is 3. The number of carbonyl (C=O) groups is 1. The number of benzene rings is 2. The first kappa shape index (κ1) is 13.7. The Hall–Kier alpha value is -2.24. The minimum Gasteiger partial charge on any atom is -0.481 e. The van der Waals surface area contributed by atoms with Crippen molar-refractivity contribution in [3.63, 3.8) is 0 Å². The van der Waals surface area contributed by atoms with Gasteiger partial charge in [-0.25, -0.2) is 0 Å². The molecule has 0 spiro atoms. The van der Waals surface area contributed by atoms with Crippen LogP contribution in [0.3, 0.4) is 0 Å². The Morgan fingerprint density at radius 1 is 1.19 bits per heavy atom. The Morgan fingerprint density at radius 2 is 1.90 bits per heavy atom. The minimum absolute atomic E-state index is 0.105. The molecular formula is C15H11F3O3. The van der Waals surface area contributed by atoms with E-state index >= 15 is 0 Å². The molecule has 0 saturated carbocycles. The molecule has 110 valence electrons. The van der Waals surface area contributed by atoms with E-state index in [0.717, 1.165) is 10.8 Å². The van der Waals surface area contributed by atoms with Gasteiger partial charge in [-0.1, -0.05) is 30.3 Å². The quantitative estimate of drug-likeness (QED) is 0.877. The molecule has 0 saturated heterocycles. The fraction of sp³-hybridized carbons (Fsp3) is 0.267. The van der Waals surface area contributed by atoms with Crippen LogP contribution in [0.1, 0.15) is 5.56 Å². The average molecular weight is 296 g/mol. The lowest BCUT2D eigenvalue weighted by atomic mass is 9.87. The fourth-order valence-electron chi connectivity index (χ4n) is 2.69. The zero-order chi connectivity index (χ0) is 15.2. The first-order valence-electron chi connectivity index (χ1n) is 6.35. The maximum atomic E-state index is 13.0. The molecule has 1 heterocycles. The normalized spacial score (nSPS) is 21.7. The number of hydrogen-bond acceptors (Lipinski definition) is 2. The standard InChI is InChI=1S/C15H11F3O3/c16-15(17,18)13-11(14(19)20)7-10-9-4-2-1-3-8(9)5-6-12(10)21-13/h1-6,11,13H,7H2,(H,19,20). The first-order chi connectivity index (χ1) is 9.88. The molecule has 6 heteroatoms. The lowest BCUT2D eigenvalue weighted by molar-refractivity contribution is -0.217. The molecule has 1 aliphatic heterocycles. The molecule has 0 fully saturated rings. The highest BCUT2D eigenvalue weighted by atomic mass is 19.4. The number of fused-ring (bicyclic) bond motifs is 3. The van der Waals surface area contributed by atoms with Crippen molar-refractivity contribution in [1.29, 1.82) is 0 Å². The largest absolute Gasteiger partial charge is 0.481 e. The summed E-state index contributed by atoms with van der Waals surface area (Å²) in [5.41, 5.74) is 0.515. The van der Waals surface area contributed by atoms with Gasteiger partial charge >= 0.3 is 12.1 Å². The summed E-state index contributed by atoms with van der Waals surface area (Å²) in [7, 11) is 0. The maximum Gasteiger partial charge on any atom is 0.426 e. The van der Waals surface area contributed by atoms with Crippen LogP contribution in [0.15, 0.2) is 36.4 Å². The smallest absolute Gasteiger partial charge is 0.426 e. The topological polar surface area (TPSA) is 46.5 Å². The van der Waals surface area contributed by atoms with Gasteiger partial charge in [0.1, 0.15) is 11.7 Å². The molecule has 0 amide bonds. The van der Waals surface area contributed by atoms with Crippen LogP contribution in [0, 0.1) is 5.92 Å². The van der Waals surface area contributed by atoms with Gasteiger partial charge < -0.3 is 9.84 Å². The summed E-state index contributed by atoms with van der Waals surface area (Å²) in [6.45, 7) is 0. The lowest BCUT2D eigenvalue weighted by Crippen LogP contribution is -2.47. The molecule has 0 radical (unpaired) electrons. The first-order valence-corrected chi connectivity index (χ1v) is 6.35. The van der Waals surface area contributed by atoms with Crippen molar-refractivity contribution in [2.45, 2.75) is 18.7 Å². The van der Waals surface area contributed by atoms with Gasteiger partial charge in [0.25, 0.3) is 0 Å². The molecule has 2 aromatic carbocycles. The molecule has 3 nitrogen and oxygen atoms in total. The Bertz CT molecular complexity index is 709. The zero-order valence-electron chi connectivity index (χ0n) is 10.7. The van der Waals surface area contributed by atoms with Crippen LogP contribution in [0.5, 0.6) is 5.75 Å². The second-order valence-corrected chi connectivity index (χ2v) is 4.99. The molecule has 0 aliphatic carbocycles. The van der Waals surface area contributed by atoms with Crippen LogP contribution in [-0.2, 0) is 11.2 Å². The van der Waals surface area contributed by atoms with E-state index in [1.54, 1.807) is 18.2 Å². The SMILES string of the molecule is O=C(O)C1Cc2c(ccc3ccccc23)OC1C(F)(F)F. The summed E-state index contributed by atoms with van der Waals surface area (Å²) in [6, 6.07) is 10.3. The van der Waals surface area contributed by atoms with Crippen molar-refractivity contribution in [3.8, 4) is 5.75 Å². The molecule has 2 unspecified atom stereocenters. The van der Waals surface area contributed by atoms with E-state index in [1.807, 2.05) is 12.1 Å². The van der Waals surface area contributed by atoms with Crippen molar-refractivity contribution in [2.75, 3.05) is 0 Å². The van der Waals surface area contributed by atoms with E-state index in [0.29, 0.717) is 5.56 Å². The van der Waals surface area contributed by atoms with Crippen molar-refractivity contribution in [2.24, 2.45) is 5.92 Å². The number of hydrogen-bond donors (Lipinski definition) is 1. The molecular weight excluding hydrogens is 285 g/mol. The summed E-state index contributed by atoms with van der Waals surface area (Å²) in [4.78, 5) is 11.2. The maximum absolute atomic E-state index is 13.0. The van der Waals surface area contributed by atoms with Crippen LogP contribution < -0.4 is 4.74 Å². The van der Waals surface area contributed by atoms with Gasteiger partial charge in [-0.2, -0.15) is 13.2 Å². The van der Waals surface area contributed by atoms with Crippen molar-refractivity contribution in [3.05, 3.63) is 42.0 Å². The van der Waals surface area contributed by atoms with E-state index in [-0.39, 0.29) is 12.2 Å². The van der Waals surface area contributed by atoms with Gasteiger partial charge in [-0.05, 0) is 23.3 Å². The monoisotopic (exact) mass is 296 g/mol. The highest BCUT2D eigenvalue weighted by Gasteiger charge is 2.52. The lowest BCUT2D eigenvalue weighted by Gasteiger charge is -2.33. The van der Waals surface area contributed by atoms with Crippen molar-refractivity contribution in [1.82, 2.24) is 0 Å². The highest BCUT2D eigenvalue weighted by molar-refractivity contribution is 5.88. The molecule has 0 bridgehead atoms. The third-order valence-corrected chi connectivity index (χ3v) is 3.68. The summed E-state index contributed by atoms with van der Waals surface area (Å²) >= 11 is 0. The van der Waals surface area contributed by atoms with Gasteiger partial charge in [0, 0.05) is 5.56 Å². The zero-order valence-corrected chi connectivity index (χ0v) is 10.7. The Kier molecular flexibility index (Phi) is 3.04. The van der Waals surface area contributed by atoms with Crippen LogP contribution in [-0.4, -0.2) is 23.4 Å². The number of rotatable bonds is 1. The van der Waals surface area contributed by atoms with Gasteiger partial charge in [-0.15, -0.1) is 0 Å². The van der Waals surface area contributed by atoms with Gasteiger partial charge in [0.15, 0.2) is 0 Å². The molecule has 3 rings (SSSR count). The second-order valence-electron chi connectivity index (χ2n) is 4.99. The Morgan fingerprint density at radius 3 is 2.57 bits per heavy atom. The van der Waals surface area contributed by atoms with Crippen molar-refractivity contribution >= 4 is 16.7 Å². The number of alkyl halides is 3. The Labute approximate surface area is 117 Å². The van der Waals surface area contributed by atoms with Crippen molar-refractivity contribution < 1.29 is 27.8 Å². The fourth-order valence-corrected chi connectivity index (χ4v) is 2.69. The van der Waals surface area contributed by atoms with Crippen LogP contribution in [0.2, 0.25) is 0 Å². The van der Waals surface area contributed by atoms with Gasteiger partial charge in [0.2, 0.25) is 6.10 Å². The third-order valence-electron chi connectivity index (χ3n) is 3.68. The van der Waals surface area contributed by atoms with E-state index in [4.69, 9.17) is 9.84 Å². The summed E-state index contributed by atoms with van der Waals surface area (Å²) in [5, 5.41) is 10.7. The number of ether oxygens (including phenoxy) is 1. The van der Waals surface area contributed by atoms with Gasteiger partial charge in [-0.3, -0.25) is 4.79 Å². The van der Waals surface area contributed by atoms with Gasteiger partial charge in [0.05, 0.1) is 0 Å². The molecule has 1 N–H and O–H groups in total. The van der Waals surface area contributed by atoms with Crippen LogP contribution in [0.4, 0.5) is 13.2 Å². The third kappa shape index (κ3) is 2.30. The number of aliphatic carboxylic acids is 1. The predicted octanol–water partition coefficient (Wildman–Crippen LogP) is 3.41. The van der Waals surface area contributed by atoms with Crippen LogP contribution in [0.25, 0.3) is 10.8 Å². The average Bonchev–Trinajstić information content (AvgIpc) is 2.44. The minimum atomic E-state index is -4.72. The second kappa shape index (κ2) is 4.65. The molecule has 2 aromatic rings. The Balaban J connectivity index is 2.14. The molecule has 1 aliphatic rings. The van der Waals surface area contributed by atoms with E-state index in [1.165, 1.54) is 6.07 Å². The molecule has 2 atom stereocenters. The van der Waals surface area contributed by atoms with E-state index < -0.39 is 24.2 Å². The summed E-state index contributed by atoms with van der Waals surface area (Å²) in [6.07, 6.45) is -7.23. The number of carboxylic acid groups (broad SMARTS) is 1. The van der Waals surface area contributed by atoms with Crippen LogP contribution >= 0.6 is 0 Å². The summed E-state index contributed by atoms with van der Waals surface area (Å²) < 4.78 is 43.9. The summed E-state index contributed by atoms with van der Waals surface area (Å²) in [5.74, 6) is -3.03. The highest BCUT2D eigenvalue weighted by Crippen LogP contribution is 2.41. The predicted molar refractivity (Wildman–Crippen MR) is 69.2 cm³/mol.